The van der Waals surface area contributed by atoms with E-state index in [0.29, 0.717) is 5.56 Å². The fraction of sp³-hybridized carbons (Fsp3) is 0.409. The van der Waals surface area contributed by atoms with Gasteiger partial charge in [0.2, 0.25) is 0 Å². The molecule has 1 aliphatic heterocycles. The van der Waals surface area contributed by atoms with E-state index in [4.69, 9.17) is 9.84 Å². The average Bonchev–Trinajstić information content (AvgIpc) is 2.81. The maximum atomic E-state index is 12.3. The minimum absolute atomic E-state index is 0.378. The SMILES string of the molecule is N#CC(=Cc1ccc2cc(NCCN3CCOCC3)ccc2c1)S(=O)(=O)NCC(O)CO. The van der Waals surface area contributed by atoms with Crippen molar-refractivity contribution in [1.82, 2.24) is 9.62 Å². The van der Waals surface area contributed by atoms with Crippen LogP contribution in [0.1, 0.15) is 5.56 Å². The molecule has 172 valence electrons. The highest BCUT2D eigenvalue weighted by atomic mass is 32.2. The first kappa shape index (κ1) is 24.1. The number of hydrogen-bond acceptors (Lipinski definition) is 8. The Hall–Kier alpha value is -2.52. The molecule has 1 aliphatic rings. The molecule has 0 bridgehead atoms. The molecule has 0 aliphatic carbocycles. The van der Waals surface area contributed by atoms with Gasteiger partial charge in [0.25, 0.3) is 10.0 Å². The van der Waals surface area contributed by atoms with Crippen LogP contribution < -0.4 is 10.0 Å². The summed E-state index contributed by atoms with van der Waals surface area (Å²) in [6.07, 6.45) is 0.0452. The number of allylic oxidation sites excluding steroid dienone is 1. The van der Waals surface area contributed by atoms with Gasteiger partial charge in [-0.15, -0.1) is 0 Å². The zero-order valence-electron chi connectivity index (χ0n) is 17.7. The molecular formula is C22H28N4O5S. The highest BCUT2D eigenvalue weighted by molar-refractivity contribution is 7.93. The maximum absolute atomic E-state index is 12.3. The van der Waals surface area contributed by atoms with Crippen molar-refractivity contribution in [1.29, 1.82) is 5.26 Å². The summed E-state index contributed by atoms with van der Waals surface area (Å²) in [5.41, 5.74) is 1.57. The van der Waals surface area contributed by atoms with Crippen LogP contribution in [-0.4, -0.2) is 82.2 Å². The number of rotatable bonds is 10. The number of benzene rings is 2. The van der Waals surface area contributed by atoms with Gasteiger partial charge in [0, 0.05) is 38.4 Å². The Morgan fingerprint density at radius 1 is 1.22 bits per heavy atom. The smallest absolute Gasteiger partial charge is 0.250 e. The van der Waals surface area contributed by atoms with Gasteiger partial charge in [-0.05, 0) is 40.6 Å². The molecule has 0 radical (unpaired) electrons. The summed E-state index contributed by atoms with van der Waals surface area (Å²) in [4.78, 5) is 1.89. The van der Waals surface area contributed by atoms with Gasteiger partial charge >= 0.3 is 0 Å². The number of aliphatic hydroxyl groups is 2. The number of nitrogens with zero attached hydrogens (tertiary/aromatic N) is 2. The third kappa shape index (κ3) is 6.74. The van der Waals surface area contributed by atoms with Gasteiger partial charge in [-0.2, -0.15) is 5.26 Å². The first-order valence-electron chi connectivity index (χ1n) is 10.4. The molecular weight excluding hydrogens is 432 g/mol. The molecule has 32 heavy (non-hydrogen) atoms. The van der Waals surface area contributed by atoms with E-state index in [1.54, 1.807) is 12.1 Å². The lowest BCUT2D eigenvalue weighted by Crippen LogP contribution is -2.38. The summed E-state index contributed by atoms with van der Waals surface area (Å²) >= 11 is 0. The predicted octanol–water partition coefficient (Wildman–Crippen LogP) is 0.721. The van der Waals surface area contributed by atoms with Gasteiger partial charge < -0.3 is 20.3 Å². The molecule has 0 amide bonds. The number of anilines is 1. The number of fused-ring (bicyclic) bond motifs is 1. The van der Waals surface area contributed by atoms with Crippen molar-refractivity contribution in [2.45, 2.75) is 6.10 Å². The standard InChI is InChI=1S/C22H28N4O5S/c23-14-22(32(29,30)25-15-21(28)16-27)12-17-1-2-19-13-20(4-3-18(19)11-17)24-5-6-26-7-9-31-10-8-26/h1-4,11-13,21,24-25,27-28H,5-10,15-16H2. The molecule has 10 heteroatoms. The maximum Gasteiger partial charge on any atom is 0.250 e. The van der Waals surface area contributed by atoms with Gasteiger partial charge in [-0.1, -0.05) is 18.2 Å². The van der Waals surface area contributed by atoms with E-state index in [2.05, 4.69) is 14.9 Å². The van der Waals surface area contributed by atoms with Gasteiger partial charge in [0.15, 0.2) is 4.91 Å². The first-order chi connectivity index (χ1) is 15.4. The normalized spacial score (nSPS) is 16.6. The highest BCUT2D eigenvalue weighted by Gasteiger charge is 2.18. The summed E-state index contributed by atoms with van der Waals surface area (Å²) in [5, 5.41) is 32.8. The molecule has 1 saturated heterocycles. The van der Waals surface area contributed by atoms with E-state index in [-0.39, 0.29) is 6.54 Å². The molecule has 9 nitrogen and oxygen atoms in total. The Balaban J connectivity index is 1.67. The number of sulfonamides is 1. The molecule has 1 heterocycles. The Bertz CT molecular complexity index is 1090. The summed E-state index contributed by atoms with van der Waals surface area (Å²) in [6.45, 7) is 4.28. The van der Waals surface area contributed by atoms with E-state index in [9.17, 15) is 18.8 Å². The van der Waals surface area contributed by atoms with Crippen LogP contribution in [0.4, 0.5) is 5.69 Å². The van der Waals surface area contributed by atoms with E-state index in [1.807, 2.05) is 30.3 Å². The number of ether oxygens (including phenoxy) is 1. The average molecular weight is 461 g/mol. The van der Waals surface area contributed by atoms with Crippen molar-refractivity contribution in [3.8, 4) is 6.07 Å². The zero-order chi connectivity index (χ0) is 23.0. The second-order valence-corrected chi connectivity index (χ2v) is 9.25. The summed E-state index contributed by atoms with van der Waals surface area (Å²) < 4.78 is 32.1. The third-order valence-corrected chi connectivity index (χ3v) is 6.48. The predicted molar refractivity (Wildman–Crippen MR) is 123 cm³/mol. The van der Waals surface area contributed by atoms with E-state index >= 15 is 0 Å². The molecule has 2 aromatic carbocycles. The largest absolute Gasteiger partial charge is 0.394 e. The van der Waals surface area contributed by atoms with Crippen molar-refractivity contribution in [2.24, 2.45) is 0 Å². The highest BCUT2D eigenvalue weighted by Crippen LogP contribution is 2.22. The lowest BCUT2D eigenvalue weighted by Gasteiger charge is -2.26. The van der Waals surface area contributed by atoms with Crippen LogP contribution in [0.15, 0.2) is 41.3 Å². The minimum Gasteiger partial charge on any atom is -0.394 e. The summed E-state index contributed by atoms with van der Waals surface area (Å²) in [5.74, 6) is 0. The second-order valence-electron chi connectivity index (χ2n) is 7.51. The Labute approximate surface area is 188 Å². The molecule has 1 unspecified atom stereocenters. The van der Waals surface area contributed by atoms with Crippen molar-refractivity contribution in [3.63, 3.8) is 0 Å². The molecule has 0 spiro atoms. The Morgan fingerprint density at radius 3 is 2.66 bits per heavy atom. The van der Waals surface area contributed by atoms with Crippen molar-refractivity contribution in [2.75, 3.05) is 57.9 Å². The quantitative estimate of drug-likeness (QED) is 0.381. The summed E-state index contributed by atoms with van der Waals surface area (Å²) in [6, 6.07) is 13.1. The van der Waals surface area contributed by atoms with E-state index < -0.39 is 27.6 Å². The molecule has 3 rings (SSSR count). The first-order valence-corrected chi connectivity index (χ1v) is 11.9. The van der Waals surface area contributed by atoms with E-state index in [0.717, 1.165) is 55.9 Å². The van der Waals surface area contributed by atoms with Crippen LogP contribution in [0.2, 0.25) is 0 Å². The van der Waals surface area contributed by atoms with Crippen molar-refractivity contribution >= 4 is 32.6 Å². The number of hydrogen-bond donors (Lipinski definition) is 4. The minimum atomic E-state index is -4.10. The van der Waals surface area contributed by atoms with Crippen LogP contribution in [0.25, 0.3) is 16.8 Å². The number of nitrogens with one attached hydrogen (secondary N) is 2. The molecule has 1 atom stereocenters. The van der Waals surface area contributed by atoms with Gasteiger partial charge in [-0.25, -0.2) is 13.1 Å². The van der Waals surface area contributed by atoms with Crippen LogP contribution in [0, 0.1) is 11.3 Å². The molecule has 4 N–H and O–H groups in total. The topological polar surface area (TPSA) is 135 Å². The van der Waals surface area contributed by atoms with E-state index in [1.165, 1.54) is 6.08 Å². The summed E-state index contributed by atoms with van der Waals surface area (Å²) in [7, 11) is -4.10. The van der Waals surface area contributed by atoms with Gasteiger partial charge in [0.1, 0.15) is 6.07 Å². The molecule has 0 saturated carbocycles. The number of morpholine rings is 1. The zero-order valence-corrected chi connectivity index (χ0v) is 18.5. The van der Waals surface area contributed by atoms with Gasteiger partial charge in [-0.3, -0.25) is 4.90 Å². The van der Waals surface area contributed by atoms with Crippen LogP contribution in [0.5, 0.6) is 0 Å². The lowest BCUT2D eigenvalue weighted by atomic mass is 10.1. The molecule has 0 aromatic heterocycles. The Morgan fingerprint density at radius 2 is 1.94 bits per heavy atom. The van der Waals surface area contributed by atoms with Crippen molar-refractivity contribution in [3.05, 3.63) is 46.9 Å². The van der Waals surface area contributed by atoms with Gasteiger partial charge in [0.05, 0.1) is 25.9 Å². The fourth-order valence-electron chi connectivity index (χ4n) is 3.32. The second kappa shape index (κ2) is 11.4. The fourth-order valence-corrected chi connectivity index (χ4v) is 4.30. The molecule has 2 aromatic rings. The number of aliphatic hydroxyl groups excluding tert-OH is 2. The monoisotopic (exact) mass is 460 g/mol. The third-order valence-electron chi connectivity index (χ3n) is 5.14. The van der Waals surface area contributed by atoms with Crippen LogP contribution >= 0.6 is 0 Å². The Kier molecular flexibility index (Phi) is 8.58. The van der Waals surface area contributed by atoms with Crippen LogP contribution in [-0.2, 0) is 14.8 Å². The molecule has 1 fully saturated rings. The number of nitriles is 1. The lowest BCUT2D eigenvalue weighted by molar-refractivity contribution is 0.0398. The van der Waals surface area contributed by atoms with Crippen molar-refractivity contribution < 1.29 is 23.4 Å². The van der Waals surface area contributed by atoms with Crippen LogP contribution in [0.3, 0.4) is 0 Å².